The number of hydrogen-bond acceptors (Lipinski definition) is 2. The van der Waals surface area contributed by atoms with Gasteiger partial charge < -0.3 is 9.84 Å². The van der Waals surface area contributed by atoms with Gasteiger partial charge in [-0.3, -0.25) is 0 Å². The number of halogens is 2. The number of aliphatic hydroxyl groups is 1. The minimum absolute atomic E-state index is 0.162. The lowest BCUT2D eigenvalue weighted by atomic mass is 10.2. The minimum Gasteiger partial charge on any atom is -0.489 e. The molecule has 0 aliphatic carbocycles. The molecule has 4 heteroatoms. The summed E-state index contributed by atoms with van der Waals surface area (Å²) in [4.78, 5) is 0. The summed E-state index contributed by atoms with van der Waals surface area (Å²) in [7, 11) is 0. The van der Waals surface area contributed by atoms with Crippen molar-refractivity contribution in [3.63, 3.8) is 0 Å². The summed E-state index contributed by atoms with van der Waals surface area (Å²) >= 11 is 0. The third-order valence-electron chi connectivity index (χ3n) is 2.49. The quantitative estimate of drug-likeness (QED) is 0.903. The highest BCUT2D eigenvalue weighted by Crippen LogP contribution is 2.18. The summed E-state index contributed by atoms with van der Waals surface area (Å²) in [6, 6.07) is 10.2. The third-order valence-corrected chi connectivity index (χ3v) is 2.49. The van der Waals surface area contributed by atoms with Crippen LogP contribution in [0.25, 0.3) is 0 Å². The second-order valence-electron chi connectivity index (χ2n) is 3.83. The zero-order valence-corrected chi connectivity index (χ0v) is 9.57. The average molecular weight is 250 g/mol. The lowest BCUT2D eigenvalue weighted by Crippen LogP contribution is -1.97. The van der Waals surface area contributed by atoms with E-state index in [1.165, 1.54) is 24.3 Å². The highest BCUT2D eigenvalue weighted by molar-refractivity contribution is 5.29. The van der Waals surface area contributed by atoms with Crippen molar-refractivity contribution in [3.05, 3.63) is 65.2 Å². The highest BCUT2D eigenvalue weighted by atomic mass is 19.1. The van der Waals surface area contributed by atoms with Crippen LogP contribution >= 0.6 is 0 Å². The molecule has 0 aliphatic heterocycles. The van der Waals surface area contributed by atoms with E-state index in [-0.39, 0.29) is 24.6 Å². The summed E-state index contributed by atoms with van der Waals surface area (Å²) in [6.07, 6.45) is 0. The number of benzene rings is 2. The van der Waals surface area contributed by atoms with Crippen LogP contribution < -0.4 is 4.74 Å². The number of hydrogen-bond donors (Lipinski definition) is 1. The van der Waals surface area contributed by atoms with E-state index in [0.717, 1.165) is 0 Å². The van der Waals surface area contributed by atoms with E-state index in [1.54, 1.807) is 18.2 Å². The Hall–Kier alpha value is -1.94. The Morgan fingerprint density at radius 2 is 1.89 bits per heavy atom. The predicted molar refractivity (Wildman–Crippen MR) is 63.1 cm³/mol. The van der Waals surface area contributed by atoms with Crippen LogP contribution in [-0.4, -0.2) is 5.11 Å². The van der Waals surface area contributed by atoms with Crippen LogP contribution in [0.2, 0.25) is 0 Å². The summed E-state index contributed by atoms with van der Waals surface area (Å²) in [5.74, 6) is -0.513. The molecule has 2 aromatic rings. The molecule has 0 aliphatic rings. The van der Waals surface area contributed by atoms with Crippen molar-refractivity contribution in [1.29, 1.82) is 0 Å². The van der Waals surface area contributed by atoms with Crippen molar-refractivity contribution >= 4 is 0 Å². The molecule has 2 nitrogen and oxygen atoms in total. The molecule has 2 aromatic carbocycles. The normalized spacial score (nSPS) is 10.4. The maximum Gasteiger partial charge on any atom is 0.132 e. The van der Waals surface area contributed by atoms with Gasteiger partial charge >= 0.3 is 0 Å². The van der Waals surface area contributed by atoms with Crippen molar-refractivity contribution in [2.24, 2.45) is 0 Å². The molecule has 1 N–H and O–H groups in total. The van der Waals surface area contributed by atoms with Crippen LogP contribution in [0.1, 0.15) is 11.1 Å². The number of aliphatic hydroxyl groups excluding tert-OH is 1. The predicted octanol–water partition coefficient (Wildman–Crippen LogP) is 3.04. The maximum atomic E-state index is 13.3. The summed E-state index contributed by atoms with van der Waals surface area (Å²) in [6.45, 7) is -0.189. The molecule has 0 atom stereocenters. The largest absolute Gasteiger partial charge is 0.489 e. The Balaban J connectivity index is 2.04. The smallest absolute Gasteiger partial charge is 0.132 e. The first-order valence-corrected chi connectivity index (χ1v) is 5.45. The Kier molecular flexibility index (Phi) is 3.89. The monoisotopic (exact) mass is 250 g/mol. The Bertz CT molecular complexity index is 541. The first kappa shape index (κ1) is 12.5. The fourth-order valence-electron chi connectivity index (χ4n) is 1.54. The molecule has 18 heavy (non-hydrogen) atoms. The van der Waals surface area contributed by atoms with Crippen LogP contribution in [-0.2, 0) is 13.2 Å². The molecule has 0 saturated heterocycles. The van der Waals surface area contributed by atoms with E-state index in [9.17, 15) is 8.78 Å². The Morgan fingerprint density at radius 1 is 1.06 bits per heavy atom. The average Bonchev–Trinajstić information content (AvgIpc) is 2.37. The Morgan fingerprint density at radius 3 is 2.56 bits per heavy atom. The van der Waals surface area contributed by atoms with Gasteiger partial charge in [-0.15, -0.1) is 0 Å². The van der Waals surface area contributed by atoms with Gasteiger partial charge in [0.2, 0.25) is 0 Å². The van der Waals surface area contributed by atoms with Crippen LogP contribution in [0.4, 0.5) is 8.78 Å². The molecule has 2 rings (SSSR count). The van der Waals surface area contributed by atoms with Gasteiger partial charge in [0.15, 0.2) is 0 Å². The second kappa shape index (κ2) is 5.60. The first-order chi connectivity index (χ1) is 8.69. The van der Waals surface area contributed by atoms with Gasteiger partial charge in [0.1, 0.15) is 24.0 Å². The maximum absolute atomic E-state index is 13.3. The zero-order valence-electron chi connectivity index (χ0n) is 9.57. The van der Waals surface area contributed by atoms with E-state index < -0.39 is 5.82 Å². The van der Waals surface area contributed by atoms with E-state index in [1.807, 2.05) is 0 Å². The highest BCUT2D eigenvalue weighted by Gasteiger charge is 2.03. The first-order valence-electron chi connectivity index (χ1n) is 5.45. The molecular weight excluding hydrogens is 238 g/mol. The molecule has 0 aromatic heterocycles. The molecule has 0 amide bonds. The second-order valence-corrected chi connectivity index (χ2v) is 3.83. The molecule has 0 saturated carbocycles. The van der Waals surface area contributed by atoms with E-state index in [2.05, 4.69) is 0 Å². The van der Waals surface area contributed by atoms with Gasteiger partial charge in [0.25, 0.3) is 0 Å². The van der Waals surface area contributed by atoms with Crippen molar-refractivity contribution in [1.82, 2.24) is 0 Å². The topological polar surface area (TPSA) is 29.5 Å². The Labute approximate surface area is 103 Å². The molecule has 94 valence electrons. The SMILES string of the molecule is OCc1ccc(OCc2cccc(F)c2)cc1F. The summed E-state index contributed by atoms with van der Waals surface area (Å²) < 4.78 is 31.6. The molecule has 0 fully saturated rings. The zero-order chi connectivity index (χ0) is 13.0. The number of ether oxygens (including phenoxy) is 1. The lowest BCUT2D eigenvalue weighted by Gasteiger charge is -2.07. The standard InChI is InChI=1S/C14H12F2O2/c15-12-3-1-2-10(6-12)9-18-13-5-4-11(8-17)14(16)7-13/h1-7,17H,8-9H2. The van der Waals surface area contributed by atoms with Crippen molar-refractivity contribution < 1.29 is 18.6 Å². The van der Waals surface area contributed by atoms with Crippen molar-refractivity contribution in [2.75, 3.05) is 0 Å². The summed E-state index contributed by atoms with van der Waals surface area (Å²) in [5, 5.41) is 8.83. The van der Waals surface area contributed by atoms with Crippen LogP contribution in [0.3, 0.4) is 0 Å². The van der Waals surface area contributed by atoms with Gasteiger partial charge in [0.05, 0.1) is 6.61 Å². The third kappa shape index (κ3) is 3.05. The van der Waals surface area contributed by atoms with Crippen LogP contribution in [0, 0.1) is 11.6 Å². The molecular formula is C14H12F2O2. The molecule has 0 bridgehead atoms. The summed E-state index contributed by atoms with van der Waals surface area (Å²) in [5.41, 5.74) is 0.884. The van der Waals surface area contributed by atoms with Gasteiger partial charge in [-0.2, -0.15) is 0 Å². The number of rotatable bonds is 4. The van der Waals surface area contributed by atoms with Crippen molar-refractivity contribution in [2.45, 2.75) is 13.2 Å². The molecule has 0 unspecified atom stereocenters. The minimum atomic E-state index is -0.519. The van der Waals surface area contributed by atoms with Gasteiger partial charge in [0, 0.05) is 11.6 Å². The van der Waals surface area contributed by atoms with Crippen LogP contribution in [0.5, 0.6) is 5.75 Å². The van der Waals surface area contributed by atoms with E-state index in [0.29, 0.717) is 11.3 Å². The van der Waals surface area contributed by atoms with Crippen LogP contribution in [0.15, 0.2) is 42.5 Å². The van der Waals surface area contributed by atoms with Gasteiger partial charge in [-0.1, -0.05) is 18.2 Å². The van der Waals surface area contributed by atoms with E-state index >= 15 is 0 Å². The fourth-order valence-corrected chi connectivity index (χ4v) is 1.54. The molecule has 0 heterocycles. The van der Waals surface area contributed by atoms with Gasteiger partial charge in [-0.25, -0.2) is 8.78 Å². The molecule has 0 radical (unpaired) electrons. The fraction of sp³-hybridized carbons (Fsp3) is 0.143. The van der Waals surface area contributed by atoms with Gasteiger partial charge in [-0.05, 0) is 23.8 Å². The molecule has 0 spiro atoms. The van der Waals surface area contributed by atoms with Crippen molar-refractivity contribution in [3.8, 4) is 5.75 Å². The van der Waals surface area contributed by atoms with E-state index in [4.69, 9.17) is 9.84 Å². The lowest BCUT2D eigenvalue weighted by molar-refractivity contribution is 0.273.